The van der Waals surface area contributed by atoms with Crippen LogP contribution in [0.15, 0.2) is 24.3 Å². The molecule has 2 saturated heterocycles. The molecule has 2 aliphatic heterocycles. The maximum absolute atomic E-state index is 13.1. The molecule has 2 unspecified atom stereocenters. The summed E-state index contributed by atoms with van der Waals surface area (Å²) in [7, 11) is 1.18. The fourth-order valence-electron chi connectivity index (χ4n) is 4.06. The van der Waals surface area contributed by atoms with Gasteiger partial charge < -0.3 is 19.3 Å². The lowest BCUT2D eigenvalue weighted by Crippen LogP contribution is -2.53. The van der Waals surface area contributed by atoms with E-state index in [0.717, 1.165) is 12.1 Å². The SMILES string of the molecule is COC(=O)OC1CC(c2ccc(C(F)(F)F)cc2)CN(C(=O)N2CCC(C#N)CC2)C1. The Kier molecular flexibility index (Phi) is 6.93. The minimum Gasteiger partial charge on any atom is -0.438 e. The van der Waals surface area contributed by atoms with Crippen LogP contribution >= 0.6 is 0 Å². The number of urea groups is 1. The number of carbonyl (C=O) groups is 2. The van der Waals surface area contributed by atoms with Crippen molar-refractivity contribution in [3.8, 4) is 6.07 Å². The Labute approximate surface area is 178 Å². The second-order valence-electron chi connectivity index (χ2n) is 7.82. The number of halogens is 3. The number of likely N-dealkylation sites (tertiary alicyclic amines) is 2. The number of nitriles is 1. The van der Waals surface area contributed by atoms with Crippen molar-refractivity contribution in [1.29, 1.82) is 5.26 Å². The first-order chi connectivity index (χ1) is 14.7. The summed E-state index contributed by atoms with van der Waals surface area (Å²) in [6.45, 7) is 1.38. The van der Waals surface area contributed by atoms with Gasteiger partial charge in [-0.1, -0.05) is 12.1 Å². The predicted octanol–water partition coefficient (Wildman–Crippen LogP) is 4.00. The first-order valence-corrected chi connectivity index (χ1v) is 10.1. The van der Waals surface area contributed by atoms with E-state index in [1.165, 1.54) is 19.2 Å². The molecular weight excluding hydrogens is 415 g/mol. The summed E-state index contributed by atoms with van der Waals surface area (Å²) in [5.41, 5.74) is -0.116. The van der Waals surface area contributed by atoms with Crippen molar-refractivity contribution in [2.75, 3.05) is 33.3 Å². The lowest BCUT2D eigenvalue weighted by Gasteiger charge is -2.41. The molecule has 2 amide bonds. The first kappa shape index (κ1) is 22.7. The van der Waals surface area contributed by atoms with E-state index in [2.05, 4.69) is 10.8 Å². The average Bonchev–Trinajstić information content (AvgIpc) is 2.77. The maximum atomic E-state index is 13.1. The Balaban J connectivity index is 1.76. The second-order valence-corrected chi connectivity index (χ2v) is 7.82. The molecule has 2 heterocycles. The fraction of sp³-hybridized carbons (Fsp3) is 0.571. The Morgan fingerprint density at radius 2 is 1.74 bits per heavy atom. The summed E-state index contributed by atoms with van der Waals surface area (Å²) in [5, 5.41) is 9.04. The lowest BCUT2D eigenvalue weighted by atomic mass is 9.88. The van der Waals surface area contributed by atoms with E-state index in [0.29, 0.717) is 44.5 Å². The molecule has 10 heteroatoms. The molecule has 1 aromatic carbocycles. The van der Waals surface area contributed by atoms with E-state index in [4.69, 9.17) is 10.00 Å². The zero-order valence-electron chi connectivity index (χ0n) is 17.1. The monoisotopic (exact) mass is 439 g/mol. The second kappa shape index (κ2) is 9.45. The molecule has 2 aliphatic rings. The van der Waals surface area contributed by atoms with Crippen LogP contribution in [0, 0.1) is 17.2 Å². The van der Waals surface area contributed by atoms with Crippen LogP contribution in [0.5, 0.6) is 0 Å². The number of ether oxygens (including phenoxy) is 2. The number of hydrogen-bond donors (Lipinski definition) is 0. The quantitative estimate of drug-likeness (QED) is 0.651. The Morgan fingerprint density at radius 1 is 1.10 bits per heavy atom. The van der Waals surface area contributed by atoms with Gasteiger partial charge in [-0.3, -0.25) is 0 Å². The van der Waals surface area contributed by atoms with E-state index in [1.54, 1.807) is 9.80 Å². The minimum absolute atomic E-state index is 0.0688. The van der Waals surface area contributed by atoms with E-state index in [1.807, 2.05) is 0 Å². The third-order valence-corrected chi connectivity index (χ3v) is 5.77. The molecule has 0 aromatic heterocycles. The van der Waals surface area contributed by atoms with Crippen molar-refractivity contribution in [1.82, 2.24) is 9.80 Å². The summed E-state index contributed by atoms with van der Waals surface area (Å²) in [4.78, 5) is 27.9. The van der Waals surface area contributed by atoms with Crippen LogP contribution in [-0.2, 0) is 15.7 Å². The van der Waals surface area contributed by atoms with Gasteiger partial charge in [-0.05, 0) is 37.0 Å². The average molecular weight is 439 g/mol. The summed E-state index contributed by atoms with van der Waals surface area (Å²) >= 11 is 0. The third kappa shape index (κ3) is 5.60. The Bertz CT molecular complexity index is 830. The number of piperidine rings is 2. The number of carbonyl (C=O) groups excluding carboxylic acids is 2. The van der Waals surface area contributed by atoms with Crippen LogP contribution in [0.4, 0.5) is 22.8 Å². The number of amides is 2. The highest BCUT2D eigenvalue weighted by Gasteiger charge is 2.36. The van der Waals surface area contributed by atoms with Crippen LogP contribution < -0.4 is 0 Å². The van der Waals surface area contributed by atoms with Crippen LogP contribution in [-0.4, -0.2) is 61.4 Å². The van der Waals surface area contributed by atoms with Gasteiger partial charge in [0.25, 0.3) is 0 Å². The van der Waals surface area contributed by atoms with Crippen LogP contribution in [0.25, 0.3) is 0 Å². The van der Waals surface area contributed by atoms with Gasteiger partial charge in [0, 0.05) is 31.5 Å². The van der Waals surface area contributed by atoms with Crippen molar-refractivity contribution in [2.24, 2.45) is 5.92 Å². The zero-order chi connectivity index (χ0) is 22.6. The Morgan fingerprint density at radius 3 is 2.29 bits per heavy atom. The predicted molar refractivity (Wildman–Crippen MR) is 103 cm³/mol. The third-order valence-electron chi connectivity index (χ3n) is 5.77. The van der Waals surface area contributed by atoms with Crippen LogP contribution in [0.2, 0.25) is 0 Å². The van der Waals surface area contributed by atoms with Gasteiger partial charge in [0.05, 0.1) is 25.3 Å². The topological polar surface area (TPSA) is 82.9 Å². The molecule has 168 valence electrons. The molecule has 0 bridgehead atoms. The number of rotatable bonds is 2. The molecule has 0 aliphatic carbocycles. The summed E-state index contributed by atoms with van der Waals surface area (Å²) in [6, 6.07) is 6.81. The van der Waals surface area contributed by atoms with Gasteiger partial charge in [-0.25, -0.2) is 9.59 Å². The van der Waals surface area contributed by atoms with Crippen LogP contribution in [0.1, 0.15) is 36.3 Å². The van der Waals surface area contributed by atoms with E-state index < -0.39 is 24.0 Å². The molecule has 0 saturated carbocycles. The van der Waals surface area contributed by atoms with E-state index in [9.17, 15) is 22.8 Å². The lowest BCUT2D eigenvalue weighted by molar-refractivity contribution is -0.137. The number of benzene rings is 1. The summed E-state index contributed by atoms with van der Waals surface area (Å²) in [6.07, 6.45) is -4.39. The normalized spacial score (nSPS) is 22.5. The molecule has 1 aromatic rings. The molecule has 2 fully saturated rings. The van der Waals surface area contributed by atoms with E-state index in [-0.39, 0.29) is 24.4 Å². The van der Waals surface area contributed by atoms with Gasteiger partial charge >= 0.3 is 18.4 Å². The number of hydrogen-bond acceptors (Lipinski definition) is 5. The van der Waals surface area contributed by atoms with Crippen LogP contribution in [0.3, 0.4) is 0 Å². The largest absolute Gasteiger partial charge is 0.508 e. The van der Waals surface area contributed by atoms with Gasteiger partial charge in [-0.2, -0.15) is 18.4 Å². The smallest absolute Gasteiger partial charge is 0.438 e. The molecule has 0 radical (unpaired) electrons. The number of methoxy groups -OCH3 is 1. The van der Waals surface area contributed by atoms with Crippen molar-refractivity contribution in [3.63, 3.8) is 0 Å². The van der Waals surface area contributed by atoms with Crippen molar-refractivity contribution in [3.05, 3.63) is 35.4 Å². The number of nitrogens with zero attached hydrogens (tertiary/aromatic N) is 3. The molecular formula is C21H24F3N3O4. The number of alkyl halides is 3. The Hall–Kier alpha value is -2.96. The van der Waals surface area contributed by atoms with Crippen molar-refractivity contribution in [2.45, 2.75) is 37.5 Å². The standard InChI is InChI=1S/C21H24F3N3O4/c1-30-20(29)31-18-10-16(15-2-4-17(5-3-15)21(22,23)24)12-27(13-18)19(28)26-8-6-14(11-25)7-9-26/h2-5,14,16,18H,6-10,12-13H2,1H3. The molecule has 3 rings (SSSR count). The van der Waals surface area contributed by atoms with Gasteiger partial charge in [0.15, 0.2) is 0 Å². The zero-order valence-corrected chi connectivity index (χ0v) is 17.1. The molecule has 2 atom stereocenters. The summed E-state index contributed by atoms with van der Waals surface area (Å²) < 4.78 is 48.5. The molecule has 31 heavy (non-hydrogen) atoms. The van der Waals surface area contributed by atoms with E-state index >= 15 is 0 Å². The first-order valence-electron chi connectivity index (χ1n) is 10.1. The molecule has 0 N–H and O–H groups in total. The van der Waals surface area contributed by atoms with Gasteiger partial charge in [0.2, 0.25) is 0 Å². The van der Waals surface area contributed by atoms with Gasteiger partial charge in [0.1, 0.15) is 6.10 Å². The fourth-order valence-corrected chi connectivity index (χ4v) is 4.06. The highest BCUT2D eigenvalue weighted by molar-refractivity contribution is 5.75. The highest BCUT2D eigenvalue weighted by atomic mass is 19.4. The van der Waals surface area contributed by atoms with Crippen molar-refractivity contribution >= 4 is 12.2 Å². The highest BCUT2D eigenvalue weighted by Crippen LogP contribution is 2.33. The summed E-state index contributed by atoms with van der Waals surface area (Å²) in [5.74, 6) is -0.369. The molecule has 7 nitrogen and oxygen atoms in total. The van der Waals surface area contributed by atoms with Gasteiger partial charge in [-0.15, -0.1) is 0 Å². The minimum atomic E-state index is -4.43. The maximum Gasteiger partial charge on any atom is 0.508 e. The molecule has 0 spiro atoms. The van der Waals surface area contributed by atoms with Crippen molar-refractivity contribution < 1.29 is 32.2 Å².